The van der Waals surface area contributed by atoms with Gasteiger partial charge >= 0.3 is 0 Å². The van der Waals surface area contributed by atoms with Gasteiger partial charge in [0.05, 0.1) is 30.7 Å². The van der Waals surface area contributed by atoms with Gasteiger partial charge in [0.15, 0.2) is 11.0 Å². The van der Waals surface area contributed by atoms with Crippen LogP contribution in [0, 0.1) is 0 Å². The highest BCUT2D eigenvalue weighted by Gasteiger charge is 2.22. The van der Waals surface area contributed by atoms with Gasteiger partial charge in [-0.05, 0) is 36.4 Å². The maximum absolute atomic E-state index is 12.7. The van der Waals surface area contributed by atoms with E-state index in [9.17, 15) is 9.59 Å². The van der Waals surface area contributed by atoms with Crippen molar-refractivity contribution < 1.29 is 9.59 Å². The van der Waals surface area contributed by atoms with Gasteiger partial charge in [-0.15, -0.1) is 21.5 Å². The molecule has 4 heterocycles. The first-order valence-corrected chi connectivity index (χ1v) is 12.5. The lowest BCUT2D eigenvalue weighted by Crippen LogP contribution is -2.31. The quantitative estimate of drug-likeness (QED) is 0.469. The largest absolute Gasteiger partial charge is 0.340 e. The molecule has 10 heteroatoms. The zero-order chi connectivity index (χ0) is 22.3. The van der Waals surface area contributed by atoms with Crippen molar-refractivity contribution in [3.63, 3.8) is 0 Å². The summed E-state index contributed by atoms with van der Waals surface area (Å²) in [6, 6.07) is 7.79. The van der Waals surface area contributed by atoms with Gasteiger partial charge in [-0.1, -0.05) is 24.2 Å². The molecule has 0 unspecified atom stereocenters. The fraction of sp³-hybridized carbons (Fsp3) is 0.409. The fourth-order valence-corrected chi connectivity index (χ4v) is 5.25. The third kappa shape index (κ3) is 5.55. The van der Waals surface area contributed by atoms with Gasteiger partial charge in [0.2, 0.25) is 11.8 Å². The van der Waals surface area contributed by atoms with Gasteiger partial charge < -0.3 is 9.80 Å². The summed E-state index contributed by atoms with van der Waals surface area (Å²) in [5.74, 6) is 1.11. The van der Waals surface area contributed by atoms with Crippen LogP contribution >= 0.6 is 23.1 Å². The Bertz CT molecular complexity index is 1040. The van der Waals surface area contributed by atoms with Crippen LogP contribution in [0.2, 0.25) is 0 Å². The van der Waals surface area contributed by atoms with E-state index in [1.165, 1.54) is 11.8 Å². The summed E-state index contributed by atoms with van der Waals surface area (Å²) in [6.07, 6.45) is 7.04. The minimum absolute atomic E-state index is 0.0217. The van der Waals surface area contributed by atoms with Crippen molar-refractivity contribution in [2.24, 2.45) is 0 Å². The number of rotatable bonds is 8. The number of hydrogen-bond acceptors (Lipinski definition) is 7. The van der Waals surface area contributed by atoms with Crippen LogP contribution < -0.4 is 0 Å². The normalized spacial score (nSPS) is 14.4. The SMILES string of the molecule is CN(Cc1cccs1)C(=O)CSc1nnc(CN2CCCCCC2=O)n1-c1cccnc1. The lowest BCUT2D eigenvalue weighted by molar-refractivity contribution is -0.131. The van der Waals surface area contributed by atoms with Gasteiger partial charge in [-0.25, -0.2) is 0 Å². The zero-order valence-corrected chi connectivity index (χ0v) is 19.6. The van der Waals surface area contributed by atoms with E-state index in [0.717, 1.165) is 36.4 Å². The maximum atomic E-state index is 12.7. The Labute approximate surface area is 195 Å². The molecule has 0 aliphatic carbocycles. The number of carbonyl (C=O) groups is 2. The molecule has 1 fully saturated rings. The molecular weight excluding hydrogens is 444 g/mol. The molecule has 0 spiro atoms. The number of aromatic nitrogens is 4. The molecule has 3 aromatic rings. The highest BCUT2D eigenvalue weighted by Crippen LogP contribution is 2.24. The van der Waals surface area contributed by atoms with Crippen LogP contribution in [0.25, 0.3) is 5.69 Å². The third-order valence-corrected chi connectivity index (χ3v) is 7.11. The van der Waals surface area contributed by atoms with E-state index in [0.29, 0.717) is 30.5 Å². The Balaban J connectivity index is 1.50. The molecular formula is C22H26N6O2S2. The molecule has 1 saturated heterocycles. The van der Waals surface area contributed by atoms with Crippen molar-refractivity contribution in [3.8, 4) is 5.69 Å². The average molecular weight is 471 g/mol. The molecule has 1 aliphatic rings. The number of thiophene rings is 1. The summed E-state index contributed by atoms with van der Waals surface area (Å²) in [5, 5.41) is 11.4. The molecule has 2 amide bonds. The van der Waals surface area contributed by atoms with Crippen molar-refractivity contribution in [1.82, 2.24) is 29.5 Å². The molecule has 8 nitrogen and oxygen atoms in total. The summed E-state index contributed by atoms with van der Waals surface area (Å²) < 4.78 is 1.91. The van der Waals surface area contributed by atoms with Crippen LogP contribution in [-0.4, -0.2) is 60.7 Å². The fourth-order valence-electron chi connectivity index (χ4n) is 3.58. The van der Waals surface area contributed by atoms with Crippen molar-refractivity contribution >= 4 is 34.9 Å². The molecule has 168 valence electrons. The number of thioether (sulfide) groups is 1. The smallest absolute Gasteiger partial charge is 0.233 e. The first-order chi connectivity index (χ1) is 15.6. The van der Waals surface area contributed by atoms with Crippen LogP contribution in [0.15, 0.2) is 47.2 Å². The third-order valence-electron chi connectivity index (χ3n) is 5.33. The van der Waals surface area contributed by atoms with Gasteiger partial charge in [-0.3, -0.25) is 19.1 Å². The second kappa shape index (κ2) is 10.7. The molecule has 4 rings (SSSR count). The predicted octanol–water partition coefficient (Wildman–Crippen LogP) is 3.38. The second-order valence-corrected chi connectivity index (χ2v) is 9.66. The Morgan fingerprint density at radius 2 is 2.12 bits per heavy atom. The van der Waals surface area contributed by atoms with Crippen molar-refractivity contribution in [2.45, 2.75) is 43.9 Å². The van der Waals surface area contributed by atoms with Crippen molar-refractivity contribution in [3.05, 3.63) is 52.7 Å². The van der Waals surface area contributed by atoms with E-state index in [4.69, 9.17) is 0 Å². The Hall–Kier alpha value is -2.72. The number of pyridine rings is 1. The minimum Gasteiger partial charge on any atom is -0.340 e. The van der Waals surface area contributed by atoms with Gasteiger partial charge in [0.1, 0.15) is 0 Å². The summed E-state index contributed by atoms with van der Waals surface area (Å²) in [7, 11) is 1.81. The standard InChI is InChI=1S/C22H26N6O2S2/c1-26(14-18-8-6-12-31-18)21(30)16-32-22-25-24-19(28(22)17-7-5-10-23-13-17)15-27-11-4-2-3-9-20(27)29/h5-8,10,12-13H,2-4,9,11,14-16H2,1H3. The first kappa shape index (κ1) is 22.5. The number of hydrogen-bond donors (Lipinski definition) is 0. The lowest BCUT2D eigenvalue weighted by Gasteiger charge is -2.20. The molecule has 32 heavy (non-hydrogen) atoms. The highest BCUT2D eigenvalue weighted by molar-refractivity contribution is 7.99. The zero-order valence-electron chi connectivity index (χ0n) is 18.0. The summed E-state index contributed by atoms with van der Waals surface area (Å²) in [6.45, 7) is 1.72. The monoisotopic (exact) mass is 470 g/mol. The van der Waals surface area contributed by atoms with E-state index in [1.807, 2.05) is 46.2 Å². The Morgan fingerprint density at radius 1 is 1.22 bits per heavy atom. The van der Waals surface area contributed by atoms with Crippen molar-refractivity contribution in [2.75, 3.05) is 19.3 Å². The van der Waals surface area contributed by atoms with Crippen LogP contribution in [-0.2, 0) is 22.7 Å². The molecule has 0 radical (unpaired) electrons. The van der Waals surface area contributed by atoms with Crippen LogP contribution in [0.5, 0.6) is 0 Å². The molecule has 0 aromatic carbocycles. The van der Waals surface area contributed by atoms with Crippen LogP contribution in [0.4, 0.5) is 0 Å². The van der Waals surface area contributed by atoms with Crippen molar-refractivity contribution in [1.29, 1.82) is 0 Å². The summed E-state index contributed by atoms with van der Waals surface area (Å²) in [4.78, 5) is 34.1. The van der Waals surface area contributed by atoms with E-state index >= 15 is 0 Å². The van der Waals surface area contributed by atoms with Crippen LogP contribution in [0.1, 0.15) is 36.4 Å². The second-order valence-electron chi connectivity index (χ2n) is 7.69. The maximum Gasteiger partial charge on any atom is 0.233 e. The summed E-state index contributed by atoms with van der Waals surface area (Å²) in [5.41, 5.74) is 0.816. The average Bonchev–Trinajstić information content (AvgIpc) is 3.41. The molecule has 1 aliphatic heterocycles. The number of amides is 2. The van der Waals surface area contributed by atoms with E-state index in [-0.39, 0.29) is 17.6 Å². The number of nitrogens with zero attached hydrogens (tertiary/aromatic N) is 6. The predicted molar refractivity (Wildman–Crippen MR) is 125 cm³/mol. The molecule has 0 N–H and O–H groups in total. The van der Waals surface area contributed by atoms with Gasteiger partial charge in [-0.2, -0.15) is 0 Å². The molecule has 3 aromatic heterocycles. The van der Waals surface area contributed by atoms with Gasteiger partial charge in [0, 0.05) is 31.1 Å². The topological polar surface area (TPSA) is 84.2 Å². The first-order valence-electron chi connectivity index (χ1n) is 10.6. The number of carbonyl (C=O) groups excluding carboxylic acids is 2. The van der Waals surface area contributed by atoms with Crippen LogP contribution in [0.3, 0.4) is 0 Å². The van der Waals surface area contributed by atoms with Gasteiger partial charge in [0.25, 0.3) is 0 Å². The Kier molecular flexibility index (Phi) is 7.54. The summed E-state index contributed by atoms with van der Waals surface area (Å²) >= 11 is 2.99. The molecule has 0 saturated carbocycles. The minimum atomic E-state index is 0.0217. The molecule has 0 bridgehead atoms. The molecule has 0 atom stereocenters. The van der Waals surface area contributed by atoms with E-state index in [2.05, 4.69) is 15.2 Å². The lowest BCUT2D eigenvalue weighted by atomic mass is 10.2. The number of likely N-dealkylation sites (tertiary alicyclic amines) is 1. The highest BCUT2D eigenvalue weighted by atomic mass is 32.2. The van der Waals surface area contributed by atoms with E-state index < -0.39 is 0 Å². The van der Waals surface area contributed by atoms with E-state index in [1.54, 1.807) is 28.6 Å². The Morgan fingerprint density at radius 3 is 2.91 bits per heavy atom.